The van der Waals surface area contributed by atoms with E-state index in [2.05, 4.69) is 273 Å². The van der Waals surface area contributed by atoms with Crippen molar-refractivity contribution in [3.05, 3.63) is 392 Å². The molecule has 0 spiro atoms. The second kappa shape index (κ2) is 50.4. The SMILES string of the molecule is CN1CCN(c2ccc(/C(=C(/CCCO)c3ccccc3)c3ccc(O)cc3)cc2)CC1.C[Si](C)(CN1CCCCC1)c1ccc(/C(=C(/CCCO)c2ccccc2)c2ccc(O)cc2)cc1.OCCC/C(=C(\c1ccc(Br)cc1)c1ccc(CN2CCCCC2)cc1)c1ccccc1.OCCC/C(=C(\c1ccc(O)cc1)c1ccc(N2CCOCC2)cc1)c1ccccc1. The largest absolute Gasteiger partial charge is 0.508 e. The molecule has 676 valence electrons. The van der Waals surface area contributed by atoms with E-state index in [-0.39, 0.29) is 43.7 Å². The number of rotatable bonds is 31. The lowest BCUT2D eigenvalue weighted by Gasteiger charge is -2.34. The molecular weight excluding hydrogens is 1690 g/mol. The van der Waals surface area contributed by atoms with Crippen LogP contribution in [-0.4, -0.2) is 177 Å². The molecule has 12 aromatic rings. The van der Waals surface area contributed by atoms with Gasteiger partial charge < -0.3 is 60.1 Å². The summed E-state index contributed by atoms with van der Waals surface area (Å²) in [5.41, 5.74) is 27.2. The maximum absolute atomic E-state index is 9.92. The Morgan fingerprint density at radius 1 is 0.300 bits per heavy atom. The fourth-order valence-electron chi connectivity index (χ4n) is 18.4. The first-order valence-electron chi connectivity index (χ1n) is 47.0. The Bertz CT molecular complexity index is 5500. The average molecular weight is 1820 g/mol. The maximum Gasteiger partial charge on any atom is 0.115 e. The zero-order valence-corrected chi connectivity index (χ0v) is 78.9. The van der Waals surface area contributed by atoms with E-state index in [0.29, 0.717) is 19.3 Å². The maximum atomic E-state index is 9.92. The molecule has 7 N–H and O–H groups in total. The van der Waals surface area contributed by atoms with Crippen LogP contribution in [0.4, 0.5) is 11.4 Å². The normalized spacial score (nSPS) is 15.4. The van der Waals surface area contributed by atoms with Crippen LogP contribution in [0.1, 0.15) is 162 Å². The number of morpholine rings is 1. The Morgan fingerprint density at radius 2 is 0.577 bits per heavy atom. The molecule has 0 unspecified atom stereocenters. The number of likely N-dealkylation sites (tertiary alicyclic amines) is 2. The molecule has 0 aliphatic carbocycles. The molecule has 0 radical (unpaired) electrons. The van der Waals surface area contributed by atoms with E-state index in [0.717, 1.165) is 146 Å². The number of hydrogen-bond acceptors (Lipinski definition) is 13. The van der Waals surface area contributed by atoms with Crippen molar-refractivity contribution >= 4 is 85.2 Å². The highest BCUT2D eigenvalue weighted by molar-refractivity contribution is 9.10. The molecule has 0 amide bonds. The first-order chi connectivity index (χ1) is 63.6. The molecule has 4 saturated heterocycles. The summed E-state index contributed by atoms with van der Waals surface area (Å²) in [7, 11) is 0.594. The van der Waals surface area contributed by atoms with E-state index < -0.39 is 8.07 Å². The van der Waals surface area contributed by atoms with Crippen LogP contribution < -0.4 is 15.0 Å². The number of aromatic hydroxyl groups is 3. The third-order valence-electron chi connectivity index (χ3n) is 25.3. The van der Waals surface area contributed by atoms with Gasteiger partial charge in [0.15, 0.2) is 0 Å². The number of phenolic OH excluding ortho intramolecular Hbond substituents is 3. The van der Waals surface area contributed by atoms with Crippen LogP contribution in [0.15, 0.2) is 320 Å². The molecule has 4 fully saturated rings. The van der Waals surface area contributed by atoms with Crippen LogP contribution in [0, 0.1) is 0 Å². The van der Waals surface area contributed by atoms with Crippen LogP contribution in [0.2, 0.25) is 13.1 Å². The molecular formula is C115H132BrN5O8Si. The molecule has 12 aromatic carbocycles. The molecule has 16 rings (SSSR count). The highest BCUT2D eigenvalue weighted by Gasteiger charge is 2.29. The second-order valence-corrected chi connectivity index (χ2v) is 40.7. The third kappa shape index (κ3) is 27.8. The standard InChI is InChI=1S/C31H39NO2Si.C29H32BrNO.C28H32N2O2.C27H29NO3/c1-35(2,24-32-21-7-4-8-22-32)29-19-15-27(16-20-29)31(26-13-17-28(34)18-14-26)30(12-9-23-33)25-10-5-3-6-11-25;30-27-17-15-26(16-18-27)29(28(10-7-21-32)24-8-3-1-4-9-24)25-13-11-23(12-14-25)22-31-19-5-2-6-20-31;1-29-17-19-30(20-18-29)25-13-9-23(10-14-25)28(24-11-15-26(32)16-12-24)27(8-5-21-31)22-6-3-2-4-7-22;29-18-4-7-26(21-5-2-1-3-6-21)27(23-10-14-25(30)15-11-23)22-8-12-24(13-9-22)28-16-19-31-20-17-28/h3,5-6,10-11,13-20,33-34H,4,7-9,12,21-24H2,1-2H3;1,3-4,8-9,11-18,32H,2,5-7,10,19-22H2;2-4,6-7,9-16,31-32H,5,8,17-21H2,1H3;1-3,5-6,8-15,29-30H,4,7,16-20H2/b31-30-;29-28+;28-27+;27-26+. The fourth-order valence-corrected chi connectivity index (χ4v) is 21.3. The predicted octanol–water partition coefficient (Wildman–Crippen LogP) is 23.1. The van der Waals surface area contributed by atoms with Crippen molar-refractivity contribution in [1.82, 2.24) is 14.7 Å². The molecule has 0 saturated carbocycles. The topological polar surface area (TPSA) is 167 Å². The molecule has 13 nitrogen and oxygen atoms in total. The van der Waals surface area contributed by atoms with Crippen molar-refractivity contribution in [3.63, 3.8) is 0 Å². The zero-order chi connectivity index (χ0) is 90.7. The summed E-state index contributed by atoms with van der Waals surface area (Å²) in [6, 6.07) is 109. The highest BCUT2D eigenvalue weighted by atomic mass is 79.9. The number of aliphatic hydroxyl groups is 4. The summed E-state index contributed by atoms with van der Waals surface area (Å²) in [6.45, 7) is 19.2. The number of benzene rings is 12. The van der Waals surface area contributed by atoms with Crippen molar-refractivity contribution in [2.75, 3.05) is 128 Å². The number of aliphatic hydroxyl groups excluding tert-OH is 4. The van der Waals surface area contributed by atoms with Gasteiger partial charge in [0.1, 0.15) is 17.2 Å². The lowest BCUT2D eigenvalue weighted by atomic mass is 9.87. The first kappa shape index (κ1) is 96.5. The van der Waals surface area contributed by atoms with Gasteiger partial charge in [-0.1, -0.05) is 290 Å². The van der Waals surface area contributed by atoms with Crippen molar-refractivity contribution in [3.8, 4) is 17.2 Å². The van der Waals surface area contributed by atoms with Crippen molar-refractivity contribution in [1.29, 1.82) is 0 Å². The summed E-state index contributed by atoms with van der Waals surface area (Å²) in [5, 5.41) is 69.4. The Kier molecular flexibility index (Phi) is 37.4. The van der Waals surface area contributed by atoms with Crippen LogP contribution in [0.25, 0.3) is 44.6 Å². The molecule has 0 bridgehead atoms. The van der Waals surface area contributed by atoms with Gasteiger partial charge in [-0.25, -0.2) is 0 Å². The van der Waals surface area contributed by atoms with Gasteiger partial charge in [0, 0.05) is 88.1 Å². The van der Waals surface area contributed by atoms with Gasteiger partial charge in [0.25, 0.3) is 0 Å². The third-order valence-corrected chi connectivity index (χ3v) is 29.0. The van der Waals surface area contributed by atoms with E-state index in [4.69, 9.17) is 4.74 Å². The van der Waals surface area contributed by atoms with E-state index in [9.17, 15) is 35.7 Å². The van der Waals surface area contributed by atoms with Crippen LogP contribution in [0.3, 0.4) is 0 Å². The Hall–Kier alpha value is -11.0. The highest BCUT2D eigenvalue weighted by Crippen LogP contribution is 2.42. The van der Waals surface area contributed by atoms with Gasteiger partial charge in [0.05, 0.1) is 21.3 Å². The zero-order valence-electron chi connectivity index (χ0n) is 76.3. The van der Waals surface area contributed by atoms with Crippen LogP contribution >= 0.6 is 15.9 Å². The number of allylic oxidation sites excluding steroid dienone is 4. The number of likely N-dealkylation sites (N-methyl/N-ethyl adjacent to an activating group) is 1. The van der Waals surface area contributed by atoms with Gasteiger partial charge in [-0.3, -0.25) is 4.90 Å². The lowest BCUT2D eigenvalue weighted by molar-refractivity contribution is 0.122. The summed E-state index contributed by atoms with van der Waals surface area (Å²) in [4.78, 5) is 12.4. The fraction of sp³-hybridized carbons (Fsp3) is 0.304. The Balaban J connectivity index is 0.000000148. The number of nitrogens with zero attached hydrogens (tertiary/aromatic N) is 5. The molecule has 0 aromatic heterocycles. The van der Waals surface area contributed by atoms with Gasteiger partial charge in [0.2, 0.25) is 0 Å². The van der Waals surface area contributed by atoms with Crippen molar-refractivity contribution in [2.45, 2.75) is 110 Å². The Morgan fingerprint density at radius 3 is 0.892 bits per heavy atom. The smallest absolute Gasteiger partial charge is 0.115 e. The van der Waals surface area contributed by atoms with E-state index in [1.807, 2.05) is 66.7 Å². The molecule has 4 aliphatic rings. The molecule has 15 heteroatoms. The number of anilines is 2. The van der Waals surface area contributed by atoms with Crippen LogP contribution in [-0.2, 0) is 11.3 Å². The molecule has 0 atom stereocenters. The van der Waals surface area contributed by atoms with E-state index >= 15 is 0 Å². The number of ether oxygens (including phenoxy) is 1. The minimum absolute atomic E-state index is 0.148. The Labute approximate surface area is 782 Å². The average Bonchev–Trinajstić information content (AvgIpc) is 0.798. The van der Waals surface area contributed by atoms with Crippen LogP contribution in [0.5, 0.6) is 17.2 Å². The quantitative estimate of drug-likeness (QED) is 0.0162. The lowest BCUT2D eigenvalue weighted by Crippen LogP contribution is -2.52. The van der Waals surface area contributed by atoms with Gasteiger partial charge in [-0.05, 0) is 306 Å². The number of phenols is 3. The van der Waals surface area contributed by atoms with E-state index in [1.54, 1.807) is 36.4 Å². The minimum Gasteiger partial charge on any atom is -0.508 e. The summed E-state index contributed by atoms with van der Waals surface area (Å²) in [5.74, 6) is 0.781. The van der Waals surface area contributed by atoms with Gasteiger partial charge in [-0.2, -0.15) is 0 Å². The first-order valence-corrected chi connectivity index (χ1v) is 51.0. The predicted molar refractivity (Wildman–Crippen MR) is 548 cm³/mol. The summed E-state index contributed by atoms with van der Waals surface area (Å²) in [6.07, 6.45) is 15.3. The monoisotopic (exact) mass is 1820 g/mol. The minimum atomic E-state index is -1.58. The summed E-state index contributed by atoms with van der Waals surface area (Å²) < 4.78 is 6.56. The second-order valence-electron chi connectivity index (χ2n) is 35.1. The summed E-state index contributed by atoms with van der Waals surface area (Å²) >= 11 is 3.58. The number of piperidine rings is 2. The number of hydrogen-bond donors (Lipinski definition) is 7. The van der Waals surface area contributed by atoms with Gasteiger partial charge >= 0.3 is 0 Å². The molecule has 4 heterocycles. The van der Waals surface area contributed by atoms with Gasteiger partial charge in [-0.15, -0.1) is 0 Å². The number of piperazine rings is 1. The van der Waals surface area contributed by atoms with E-state index in [1.165, 1.54) is 154 Å². The number of halogens is 1. The molecule has 130 heavy (non-hydrogen) atoms. The van der Waals surface area contributed by atoms with Crippen molar-refractivity contribution in [2.24, 2.45) is 0 Å². The van der Waals surface area contributed by atoms with Crippen molar-refractivity contribution < 1.29 is 40.5 Å². The molecule has 4 aliphatic heterocycles.